The van der Waals surface area contributed by atoms with Crippen LogP contribution in [0.15, 0.2) is 34.9 Å². The molecular formula is C14H12O2. The van der Waals surface area contributed by atoms with Crippen molar-refractivity contribution in [2.45, 2.75) is 19.8 Å². The lowest BCUT2D eigenvalue weighted by atomic mass is 9.97. The quantitative estimate of drug-likeness (QED) is 0.672. The Hall–Kier alpha value is -1.83. The molecule has 1 aliphatic rings. The van der Waals surface area contributed by atoms with Gasteiger partial charge in [0.1, 0.15) is 0 Å². The zero-order valence-corrected chi connectivity index (χ0v) is 9.12. The summed E-state index contributed by atoms with van der Waals surface area (Å²) in [6.07, 6.45) is 3.40. The van der Waals surface area contributed by atoms with E-state index in [1.165, 1.54) is 0 Å². The molecule has 2 nitrogen and oxygen atoms in total. The highest BCUT2D eigenvalue weighted by Gasteiger charge is 2.24. The molecule has 2 heteroatoms. The van der Waals surface area contributed by atoms with E-state index >= 15 is 0 Å². The zero-order chi connectivity index (χ0) is 11.1. The molecule has 1 heterocycles. The second-order valence-corrected chi connectivity index (χ2v) is 4.21. The van der Waals surface area contributed by atoms with E-state index in [1.54, 1.807) is 6.26 Å². The summed E-state index contributed by atoms with van der Waals surface area (Å²) < 4.78 is 5.31. The van der Waals surface area contributed by atoms with Gasteiger partial charge in [0.05, 0.1) is 6.26 Å². The van der Waals surface area contributed by atoms with Gasteiger partial charge in [-0.2, -0.15) is 0 Å². The van der Waals surface area contributed by atoms with E-state index in [0.29, 0.717) is 5.76 Å². The van der Waals surface area contributed by atoms with E-state index in [2.05, 4.69) is 0 Å². The van der Waals surface area contributed by atoms with Crippen molar-refractivity contribution >= 4 is 5.78 Å². The summed E-state index contributed by atoms with van der Waals surface area (Å²) in [5.74, 6) is 0.554. The third-order valence-corrected chi connectivity index (χ3v) is 3.20. The van der Waals surface area contributed by atoms with Gasteiger partial charge in [-0.05, 0) is 37.0 Å². The minimum atomic E-state index is 0.0330. The lowest BCUT2D eigenvalue weighted by Crippen LogP contribution is -2.05. The average Bonchev–Trinajstić information content (AvgIpc) is 2.69. The standard InChI is InChI=1S/C14H12O2/c1-9-3-2-4-10-5-6-11-7-8-16-14(11)13(15)12(9)10/h2-4,7-8H,5-6H2,1H3. The van der Waals surface area contributed by atoms with E-state index in [1.807, 2.05) is 31.2 Å². The van der Waals surface area contributed by atoms with Crippen LogP contribution in [-0.2, 0) is 12.8 Å². The molecule has 0 saturated heterocycles. The van der Waals surface area contributed by atoms with Gasteiger partial charge in [0.15, 0.2) is 5.76 Å². The van der Waals surface area contributed by atoms with Crippen molar-refractivity contribution in [1.82, 2.24) is 0 Å². The number of carbonyl (C=O) groups excluding carboxylic acids is 1. The highest BCUT2D eigenvalue weighted by molar-refractivity contribution is 6.10. The summed E-state index contributed by atoms with van der Waals surface area (Å²) in [5.41, 5.74) is 4.03. The van der Waals surface area contributed by atoms with Crippen molar-refractivity contribution in [3.8, 4) is 0 Å². The van der Waals surface area contributed by atoms with Gasteiger partial charge >= 0.3 is 0 Å². The van der Waals surface area contributed by atoms with Gasteiger partial charge in [-0.3, -0.25) is 4.79 Å². The fourth-order valence-electron chi connectivity index (χ4n) is 2.38. The molecule has 1 aromatic heterocycles. The molecule has 0 amide bonds. The number of hydrogen-bond donors (Lipinski definition) is 0. The number of carbonyl (C=O) groups is 1. The second kappa shape index (κ2) is 3.34. The SMILES string of the molecule is Cc1cccc2c1C(=O)c1occc1CC2. The van der Waals surface area contributed by atoms with Crippen LogP contribution in [0.1, 0.15) is 32.8 Å². The summed E-state index contributed by atoms with van der Waals surface area (Å²) in [5, 5.41) is 0. The Labute approximate surface area is 93.9 Å². The summed E-state index contributed by atoms with van der Waals surface area (Å²) in [7, 11) is 0. The Bertz CT molecular complexity index is 564. The molecule has 0 N–H and O–H groups in total. The normalized spacial score (nSPS) is 14.2. The molecule has 0 bridgehead atoms. The van der Waals surface area contributed by atoms with Crippen LogP contribution in [0.4, 0.5) is 0 Å². The largest absolute Gasteiger partial charge is 0.461 e. The number of furan rings is 1. The molecule has 2 aromatic rings. The topological polar surface area (TPSA) is 30.2 Å². The van der Waals surface area contributed by atoms with Crippen LogP contribution in [0.3, 0.4) is 0 Å². The second-order valence-electron chi connectivity index (χ2n) is 4.21. The minimum absolute atomic E-state index is 0.0330. The fourth-order valence-corrected chi connectivity index (χ4v) is 2.38. The highest BCUT2D eigenvalue weighted by atomic mass is 16.3. The van der Waals surface area contributed by atoms with Gasteiger partial charge in [0.2, 0.25) is 5.78 Å². The molecule has 80 valence electrons. The third kappa shape index (κ3) is 1.23. The first-order valence-electron chi connectivity index (χ1n) is 5.47. The first-order chi connectivity index (χ1) is 7.77. The Balaban J connectivity index is 2.26. The van der Waals surface area contributed by atoms with Crippen LogP contribution in [0.25, 0.3) is 0 Å². The van der Waals surface area contributed by atoms with E-state index in [-0.39, 0.29) is 5.78 Å². The molecule has 0 saturated carbocycles. The lowest BCUT2D eigenvalue weighted by Gasteiger charge is -2.06. The number of hydrogen-bond acceptors (Lipinski definition) is 2. The Kier molecular flexibility index (Phi) is 1.96. The molecule has 0 spiro atoms. The smallest absolute Gasteiger partial charge is 0.228 e. The molecule has 0 aliphatic heterocycles. The van der Waals surface area contributed by atoms with E-state index in [4.69, 9.17) is 4.42 Å². The lowest BCUT2D eigenvalue weighted by molar-refractivity contribution is 0.101. The summed E-state index contributed by atoms with van der Waals surface area (Å²) in [4.78, 5) is 12.3. The predicted molar refractivity (Wildman–Crippen MR) is 60.7 cm³/mol. The van der Waals surface area contributed by atoms with Crippen molar-refractivity contribution in [2.24, 2.45) is 0 Å². The van der Waals surface area contributed by atoms with Crippen LogP contribution in [0.5, 0.6) is 0 Å². The van der Waals surface area contributed by atoms with E-state index in [0.717, 1.165) is 35.1 Å². The Morgan fingerprint density at radius 3 is 2.81 bits per heavy atom. The molecule has 1 aromatic carbocycles. The predicted octanol–water partition coefficient (Wildman–Crippen LogP) is 2.92. The van der Waals surface area contributed by atoms with Crippen molar-refractivity contribution in [1.29, 1.82) is 0 Å². The molecule has 0 atom stereocenters. The van der Waals surface area contributed by atoms with E-state index < -0.39 is 0 Å². The summed E-state index contributed by atoms with van der Waals surface area (Å²) in [6.45, 7) is 1.98. The molecule has 0 fully saturated rings. The van der Waals surface area contributed by atoms with Crippen LogP contribution >= 0.6 is 0 Å². The van der Waals surface area contributed by atoms with E-state index in [9.17, 15) is 4.79 Å². The maximum atomic E-state index is 12.3. The third-order valence-electron chi connectivity index (χ3n) is 3.20. The first-order valence-corrected chi connectivity index (χ1v) is 5.47. The van der Waals surface area contributed by atoms with Gasteiger partial charge < -0.3 is 4.42 Å². The van der Waals surface area contributed by atoms with Crippen LogP contribution < -0.4 is 0 Å². The van der Waals surface area contributed by atoms with Crippen LogP contribution in [0, 0.1) is 6.92 Å². The maximum Gasteiger partial charge on any atom is 0.228 e. The van der Waals surface area contributed by atoms with Gasteiger partial charge in [-0.25, -0.2) is 0 Å². The Morgan fingerprint density at radius 1 is 1.12 bits per heavy atom. The summed E-state index contributed by atoms with van der Waals surface area (Å²) >= 11 is 0. The van der Waals surface area contributed by atoms with Crippen molar-refractivity contribution in [2.75, 3.05) is 0 Å². The van der Waals surface area contributed by atoms with Crippen LogP contribution in [-0.4, -0.2) is 5.78 Å². The summed E-state index contributed by atoms with van der Waals surface area (Å²) in [6, 6.07) is 7.92. The molecule has 3 rings (SSSR count). The van der Waals surface area contributed by atoms with Crippen LogP contribution in [0.2, 0.25) is 0 Å². The van der Waals surface area contributed by atoms with Gasteiger partial charge in [0.25, 0.3) is 0 Å². The molecule has 1 aliphatic carbocycles. The zero-order valence-electron chi connectivity index (χ0n) is 9.12. The number of aryl methyl sites for hydroxylation is 3. The number of fused-ring (bicyclic) bond motifs is 2. The van der Waals surface area contributed by atoms with Crippen molar-refractivity contribution < 1.29 is 9.21 Å². The minimum Gasteiger partial charge on any atom is -0.461 e. The number of benzene rings is 1. The average molecular weight is 212 g/mol. The van der Waals surface area contributed by atoms with Crippen molar-refractivity contribution in [3.63, 3.8) is 0 Å². The Morgan fingerprint density at radius 2 is 1.94 bits per heavy atom. The first kappa shape index (κ1) is 9.40. The van der Waals surface area contributed by atoms with Crippen molar-refractivity contribution in [3.05, 3.63) is 58.5 Å². The van der Waals surface area contributed by atoms with Gasteiger partial charge in [0, 0.05) is 11.1 Å². The fraction of sp³-hybridized carbons (Fsp3) is 0.214. The van der Waals surface area contributed by atoms with Gasteiger partial charge in [-0.15, -0.1) is 0 Å². The van der Waals surface area contributed by atoms with Gasteiger partial charge in [-0.1, -0.05) is 18.2 Å². The molecule has 16 heavy (non-hydrogen) atoms. The highest BCUT2D eigenvalue weighted by Crippen LogP contribution is 2.27. The number of ketones is 1. The maximum absolute atomic E-state index is 12.3. The number of rotatable bonds is 0. The molecule has 0 unspecified atom stereocenters. The monoisotopic (exact) mass is 212 g/mol. The molecule has 0 radical (unpaired) electrons. The molecular weight excluding hydrogens is 200 g/mol.